The molecule has 0 radical (unpaired) electrons. The van der Waals surface area contributed by atoms with Crippen molar-refractivity contribution in [3.8, 4) is 0 Å². The molecule has 1 aromatic heterocycles. The predicted octanol–water partition coefficient (Wildman–Crippen LogP) is 1.25. The Balaban J connectivity index is 0.00000272. The van der Waals surface area contributed by atoms with Crippen LogP contribution < -0.4 is 34.3 Å². The van der Waals surface area contributed by atoms with Crippen LogP contribution in [0.5, 0.6) is 0 Å². The molecule has 2 atom stereocenters. The lowest BCUT2D eigenvalue weighted by atomic mass is 9.64. The van der Waals surface area contributed by atoms with E-state index >= 15 is 0 Å². The average molecular weight is 529 g/mol. The van der Waals surface area contributed by atoms with Crippen LogP contribution in [0.2, 0.25) is 0 Å². The highest BCUT2D eigenvalue weighted by atomic mass is 127. The molecule has 0 unspecified atom stereocenters. The molecular weight excluding hydrogens is 497 g/mol. The maximum absolute atomic E-state index is 13.2. The lowest BCUT2D eigenvalue weighted by molar-refractivity contribution is -0.729. The SMILES string of the molecule is CC(C)c1n(C)cc[n+]1[C@H]1CC[C@@H](C(C(N)=O)(c2ccccc2)c2ccccc2)C1.[I-]. The standard InChI is InChI=1S/C26H31N3O.HI/c1-19(2)24-28(3)16-17-29(24)23-15-14-22(18-23)26(25(27)30,20-10-6-4-7-11-20)21-12-8-5-9-13-21;/h4-13,16-17,19,22-23H,14-15,18H2,1-3H3,(H-,27,30);1H/t22-,23+;/m1./s1. The van der Waals surface area contributed by atoms with Crippen LogP contribution in [-0.4, -0.2) is 10.5 Å². The first-order valence-electron chi connectivity index (χ1n) is 10.9. The molecule has 0 saturated heterocycles. The van der Waals surface area contributed by atoms with Gasteiger partial charge in [-0.3, -0.25) is 4.79 Å². The Labute approximate surface area is 202 Å². The van der Waals surface area contributed by atoms with Crippen molar-refractivity contribution in [2.75, 3.05) is 0 Å². The molecule has 0 spiro atoms. The molecule has 31 heavy (non-hydrogen) atoms. The van der Waals surface area contributed by atoms with Crippen LogP contribution in [-0.2, 0) is 17.3 Å². The number of hydrogen-bond acceptors (Lipinski definition) is 1. The predicted molar refractivity (Wildman–Crippen MR) is 119 cm³/mol. The second-order valence-electron chi connectivity index (χ2n) is 8.90. The number of rotatable bonds is 6. The summed E-state index contributed by atoms with van der Waals surface area (Å²) in [5.41, 5.74) is 7.41. The summed E-state index contributed by atoms with van der Waals surface area (Å²) in [6.45, 7) is 4.47. The van der Waals surface area contributed by atoms with Crippen LogP contribution in [0.15, 0.2) is 73.1 Å². The maximum atomic E-state index is 13.2. The Kier molecular flexibility index (Phi) is 7.24. The van der Waals surface area contributed by atoms with Crippen molar-refractivity contribution in [2.45, 2.75) is 50.5 Å². The van der Waals surface area contributed by atoms with Crippen molar-refractivity contribution < 1.29 is 33.3 Å². The average Bonchev–Trinajstić information content (AvgIpc) is 3.37. The highest BCUT2D eigenvalue weighted by Gasteiger charge is 2.51. The monoisotopic (exact) mass is 529 g/mol. The molecule has 3 aromatic rings. The van der Waals surface area contributed by atoms with Gasteiger partial charge in [-0.25, -0.2) is 9.13 Å². The number of halogens is 1. The van der Waals surface area contributed by atoms with E-state index in [0.717, 1.165) is 30.4 Å². The summed E-state index contributed by atoms with van der Waals surface area (Å²) in [4.78, 5) is 13.2. The lowest BCUT2D eigenvalue weighted by Gasteiger charge is -2.37. The maximum Gasteiger partial charge on any atom is 0.258 e. The van der Waals surface area contributed by atoms with E-state index in [2.05, 4.69) is 66.7 Å². The highest BCUT2D eigenvalue weighted by molar-refractivity contribution is 5.91. The van der Waals surface area contributed by atoms with Crippen LogP contribution in [0.25, 0.3) is 0 Å². The molecule has 5 heteroatoms. The Morgan fingerprint density at radius 1 is 1.03 bits per heavy atom. The van der Waals surface area contributed by atoms with Gasteiger partial charge < -0.3 is 29.7 Å². The molecule has 0 bridgehead atoms. The zero-order valence-corrected chi connectivity index (χ0v) is 20.7. The number of carbonyl (C=O) groups is 1. The number of nitrogens with zero attached hydrogens (tertiary/aromatic N) is 2. The fraction of sp³-hybridized carbons (Fsp3) is 0.385. The van der Waals surface area contributed by atoms with Crippen molar-refractivity contribution in [3.05, 3.63) is 90.0 Å². The number of carbonyl (C=O) groups excluding carboxylic acids is 1. The van der Waals surface area contributed by atoms with Crippen LogP contribution in [0, 0.1) is 5.92 Å². The number of nitrogens with two attached hydrogens (primary N) is 1. The van der Waals surface area contributed by atoms with Gasteiger partial charge in [0.1, 0.15) is 23.9 Å². The minimum atomic E-state index is -0.815. The number of aromatic nitrogens is 2. The van der Waals surface area contributed by atoms with Gasteiger partial charge in [0.25, 0.3) is 5.82 Å². The van der Waals surface area contributed by atoms with Gasteiger partial charge in [-0.15, -0.1) is 0 Å². The fourth-order valence-corrected chi connectivity index (χ4v) is 5.65. The molecule has 0 aliphatic heterocycles. The molecule has 164 valence electrons. The molecule has 1 aliphatic carbocycles. The smallest absolute Gasteiger partial charge is 0.258 e. The summed E-state index contributed by atoms with van der Waals surface area (Å²) >= 11 is 0. The fourth-order valence-electron chi connectivity index (χ4n) is 5.65. The summed E-state index contributed by atoms with van der Waals surface area (Å²) in [7, 11) is 2.11. The topological polar surface area (TPSA) is 51.9 Å². The lowest BCUT2D eigenvalue weighted by Crippen LogP contribution is -3.00. The third-order valence-corrected chi connectivity index (χ3v) is 6.85. The zero-order valence-electron chi connectivity index (χ0n) is 18.5. The molecular formula is C26H32IN3O. The summed E-state index contributed by atoms with van der Waals surface area (Å²) < 4.78 is 4.64. The molecule has 4 rings (SSSR count). The first-order chi connectivity index (χ1) is 14.5. The van der Waals surface area contributed by atoms with Crippen LogP contribution in [0.4, 0.5) is 0 Å². The van der Waals surface area contributed by atoms with E-state index in [0.29, 0.717) is 12.0 Å². The van der Waals surface area contributed by atoms with Gasteiger partial charge >= 0.3 is 0 Å². The minimum Gasteiger partial charge on any atom is -1.00 e. The molecule has 4 nitrogen and oxygen atoms in total. The quantitative estimate of drug-likeness (QED) is 0.380. The number of amides is 1. The Morgan fingerprint density at radius 2 is 1.58 bits per heavy atom. The zero-order chi connectivity index (χ0) is 21.3. The van der Waals surface area contributed by atoms with Crippen molar-refractivity contribution in [1.29, 1.82) is 0 Å². The van der Waals surface area contributed by atoms with Gasteiger partial charge in [-0.05, 0) is 36.3 Å². The first kappa shape index (κ1) is 23.5. The van der Waals surface area contributed by atoms with Gasteiger partial charge in [0, 0.05) is 0 Å². The van der Waals surface area contributed by atoms with E-state index < -0.39 is 5.41 Å². The highest BCUT2D eigenvalue weighted by Crippen LogP contribution is 2.48. The number of primary amides is 1. The Bertz CT molecular complexity index is 974. The third kappa shape index (κ3) is 4.04. The van der Waals surface area contributed by atoms with Gasteiger partial charge in [0.05, 0.1) is 13.0 Å². The third-order valence-electron chi connectivity index (χ3n) is 6.85. The van der Waals surface area contributed by atoms with Crippen LogP contribution >= 0.6 is 0 Å². The van der Waals surface area contributed by atoms with E-state index in [1.165, 1.54) is 5.82 Å². The van der Waals surface area contributed by atoms with Crippen LogP contribution in [0.3, 0.4) is 0 Å². The second-order valence-corrected chi connectivity index (χ2v) is 8.90. The molecule has 1 aliphatic rings. The summed E-state index contributed by atoms with van der Waals surface area (Å²) in [6.07, 6.45) is 7.28. The number of hydrogen-bond donors (Lipinski definition) is 1. The van der Waals surface area contributed by atoms with E-state index in [1.807, 2.05) is 36.4 Å². The first-order valence-corrected chi connectivity index (χ1v) is 10.9. The van der Waals surface area contributed by atoms with E-state index in [4.69, 9.17) is 5.73 Å². The van der Waals surface area contributed by atoms with Crippen LogP contribution in [0.1, 0.15) is 62.0 Å². The summed E-state index contributed by atoms with van der Waals surface area (Å²) in [6, 6.07) is 20.6. The minimum absolute atomic E-state index is 0. The van der Waals surface area contributed by atoms with Crippen molar-refractivity contribution >= 4 is 5.91 Å². The van der Waals surface area contributed by atoms with Gasteiger partial charge in [-0.2, -0.15) is 0 Å². The van der Waals surface area contributed by atoms with Gasteiger partial charge in [-0.1, -0.05) is 74.5 Å². The molecule has 1 heterocycles. The summed E-state index contributed by atoms with van der Waals surface area (Å²) in [5.74, 6) is 1.66. The van der Waals surface area contributed by atoms with Crippen molar-refractivity contribution in [1.82, 2.24) is 4.57 Å². The van der Waals surface area contributed by atoms with E-state index in [9.17, 15) is 4.79 Å². The molecule has 2 aromatic carbocycles. The number of aryl methyl sites for hydroxylation is 1. The second kappa shape index (κ2) is 9.55. The Hall–Kier alpha value is -2.15. The summed E-state index contributed by atoms with van der Waals surface area (Å²) in [5, 5.41) is 0. The molecule has 1 amide bonds. The largest absolute Gasteiger partial charge is 1.00 e. The van der Waals surface area contributed by atoms with Crippen molar-refractivity contribution in [2.24, 2.45) is 18.7 Å². The van der Waals surface area contributed by atoms with Gasteiger partial charge in [0.2, 0.25) is 5.91 Å². The van der Waals surface area contributed by atoms with E-state index in [1.54, 1.807) is 0 Å². The molecule has 2 N–H and O–H groups in total. The number of imidazole rings is 1. The normalized spacial score (nSPS) is 18.7. The molecule has 1 saturated carbocycles. The Morgan fingerprint density at radius 3 is 2.06 bits per heavy atom. The van der Waals surface area contributed by atoms with E-state index in [-0.39, 0.29) is 35.8 Å². The van der Waals surface area contributed by atoms with Crippen molar-refractivity contribution in [3.63, 3.8) is 0 Å². The van der Waals surface area contributed by atoms with Gasteiger partial charge in [0.15, 0.2) is 0 Å². The number of benzene rings is 2. The molecule has 1 fully saturated rings.